The third-order valence-electron chi connectivity index (χ3n) is 5.57. The Bertz CT molecular complexity index is 1080. The van der Waals surface area contributed by atoms with Crippen molar-refractivity contribution in [3.63, 3.8) is 0 Å². The minimum Gasteiger partial charge on any atom is -0.467 e. The van der Waals surface area contributed by atoms with Crippen LogP contribution in [0.2, 0.25) is 0 Å². The molecule has 3 aromatic rings. The van der Waals surface area contributed by atoms with Crippen molar-refractivity contribution in [1.82, 2.24) is 10.2 Å². The number of nitrogens with zero attached hydrogens (tertiary/aromatic N) is 1. The van der Waals surface area contributed by atoms with E-state index in [4.69, 9.17) is 4.42 Å². The SMILES string of the molecule is Cc1ccc([C@H](C)NC(=O)c2ccc([C@@H]3SCC(=O)N3Cc3ccco3)cc2)c(C)c1. The molecule has 5 nitrogen and oxygen atoms in total. The van der Waals surface area contributed by atoms with Gasteiger partial charge >= 0.3 is 0 Å². The molecule has 1 aliphatic rings. The normalized spacial score (nSPS) is 17.1. The van der Waals surface area contributed by atoms with Crippen LogP contribution in [-0.2, 0) is 11.3 Å². The number of hydrogen-bond acceptors (Lipinski definition) is 4. The molecule has 1 fully saturated rings. The number of nitrogens with one attached hydrogen (secondary N) is 1. The molecule has 1 aliphatic heterocycles. The zero-order valence-corrected chi connectivity index (χ0v) is 18.7. The van der Waals surface area contributed by atoms with Crippen LogP contribution in [0, 0.1) is 13.8 Å². The molecule has 31 heavy (non-hydrogen) atoms. The first-order chi connectivity index (χ1) is 14.9. The van der Waals surface area contributed by atoms with E-state index in [0.29, 0.717) is 17.9 Å². The van der Waals surface area contributed by atoms with Crippen molar-refractivity contribution in [2.24, 2.45) is 0 Å². The Kier molecular flexibility index (Phi) is 6.18. The number of aryl methyl sites for hydroxylation is 2. The average Bonchev–Trinajstić information content (AvgIpc) is 3.38. The lowest BCUT2D eigenvalue weighted by molar-refractivity contribution is -0.128. The van der Waals surface area contributed by atoms with E-state index in [1.54, 1.807) is 18.0 Å². The van der Waals surface area contributed by atoms with Crippen molar-refractivity contribution in [2.45, 2.75) is 38.7 Å². The van der Waals surface area contributed by atoms with Crippen molar-refractivity contribution in [3.8, 4) is 0 Å². The molecule has 0 aliphatic carbocycles. The summed E-state index contributed by atoms with van der Waals surface area (Å²) in [7, 11) is 0. The van der Waals surface area contributed by atoms with Crippen LogP contribution in [0.4, 0.5) is 0 Å². The first kappa shape index (κ1) is 21.2. The molecular weight excluding hydrogens is 408 g/mol. The van der Waals surface area contributed by atoms with Gasteiger partial charge in [-0.3, -0.25) is 9.59 Å². The van der Waals surface area contributed by atoms with Crippen molar-refractivity contribution in [2.75, 3.05) is 5.75 Å². The Morgan fingerprint density at radius 1 is 1.19 bits per heavy atom. The van der Waals surface area contributed by atoms with Gasteiger partial charge in [0, 0.05) is 5.56 Å². The zero-order chi connectivity index (χ0) is 22.0. The summed E-state index contributed by atoms with van der Waals surface area (Å²) >= 11 is 1.59. The van der Waals surface area contributed by atoms with Crippen LogP contribution in [-0.4, -0.2) is 22.5 Å². The first-order valence-electron chi connectivity index (χ1n) is 10.3. The van der Waals surface area contributed by atoms with Crippen molar-refractivity contribution < 1.29 is 14.0 Å². The van der Waals surface area contributed by atoms with Gasteiger partial charge < -0.3 is 14.6 Å². The molecule has 0 spiro atoms. The Balaban J connectivity index is 1.44. The molecular formula is C25H26N2O3S. The molecule has 1 N–H and O–H groups in total. The minimum absolute atomic E-state index is 0.0798. The highest BCUT2D eigenvalue weighted by Crippen LogP contribution is 2.39. The van der Waals surface area contributed by atoms with Gasteiger partial charge in [-0.25, -0.2) is 0 Å². The zero-order valence-electron chi connectivity index (χ0n) is 17.9. The van der Waals surface area contributed by atoms with E-state index in [2.05, 4.69) is 37.4 Å². The molecule has 0 unspecified atom stereocenters. The van der Waals surface area contributed by atoms with Gasteiger partial charge in [-0.05, 0) is 61.7 Å². The molecule has 0 bridgehead atoms. The Hall–Kier alpha value is -2.99. The highest BCUT2D eigenvalue weighted by Gasteiger charge is 2.33. The van der Waals surface area contributed by atoms with Crippen molar-refractivity contribution in [1.29, 1.82) is 0 Å². The number of hydrogen-bond donors (Lipinski definition) is 1. The smallest absolute Gasteiger partial charge is 0.251 e. The van der Waals surface area contributed by atoms with E-state index < -0.39 is 0 Å². The fourth-order valence-electron chi connectivity index (χ4n) is 3.94. The molecule has 160 valence electrons. The maximum Gasteiger partial charge on any atom is 0.251 e. The lowest BCUT2D eigenvalue weighted by atomic mass is 10.00. The van der Waals surface area contributed by atoms with Crippen LogP contribution in [0.1, 0.15) is 56.7 Å². The predicted octanol–water partition coefficient (Wildman–Crippen LogP) is 5.16. The summed E-state index contributed by atoms with van der Waals surface area (Å²) in [4.78, 5) is 27.0. The molecule has 0 saturated carbocycles. The Morgan fingerprint density at radius 2 is 1.97 bits per heavy atom. The van der Waals surface area contributed by atoms with E-state index in [1.807, 2.05) is 48.2 Å². The number of benzene rings is 2. The fourth-order valence-corrected chi connectivity index (χ4v) is 5.13. The molecule has 2 heterocycles. The number of rotatable bonds is 6. The summed E-state index contributed by atoms with van der Waals surface area (Å²) in [6, 6.07) is 17.4. The Morgan fingerprint density at radius 3 is 2.65 bits per heavy atom. The third kappa shape index (κ3) is 4.69. The quantitative estimate of drug-likeness (QED) is 0.582. The van der Waals surface area contributed by atoms with Gasteiger partial charge in [-0.2, -0.15) is 0 Å². The number of carbonyl (C=O) groups excluding carboxylic acids is 2. The van der Waals surface area contributed by atoms with Crippen LogP contribution < -0.4 is 5.32 Å². The maximum atomic E-state index is 12.8. The summed E-state index contributed by atoms with van der Waals surface area (Å²) in [6.45, 7) is 6.57. The number of furan rings is 1. The first-order valence-corrected chi connectivity index (χ1v) is 11.4. The minimum atomic E-state index is -0.110. The van der Waals surface area contributed by atoms with Crippen LogP contribution in [0.15, 0.2) is 65.3 Å². The van der Waals surface area contributed by atoms with Gasteiger partial charge in [-0.15, -0.1) is 11.8 Å². The molecule has 0 radical (unpaired) electrons. The second kappa shape index (κ2) is 9.02. The molecule has 2 atom stereocenters. The van der Waals surface area contributed by atoms with E-state index in [-0.39, 0.29) is 23.2 Å². The van der Waals surface area contributed by atoms with Gasteiger partial charge in [0.1, 0.15) is 11.1 Å². The molecule has 2 aromatic carbocycles. The topological polar surface area (TPSA) is 62.6 Å². The van der Waals surface area contributed by atoms with E-state index in [1.165, 1.54) is 11.1 Å². The molecule has 2 amide bonds. The van der Waals surface area contributed by atoms with Crippen molar-refractivity contribution in [3.05, 3.63) is 94.4 Å². The van der Waals surface area contributed by atoms with E-state index in [0.717, 1.165) is 16.9 Å². The second-order valence-electron chi connectivity index (χ2n) is 7.94. The summed E-state index contributed by atoms with van der Waals surface area (Å²) < 4.78 is 5.41. The van der Waals surface area contributed by atoms with Gasteiger partial charge in [0.25, 0.3) is 5.91 Å². The van der Waals surface area contributed by atoms with Crippen LogP contribution in [0.3, 0.4) is 0 Å². The highest BCUT2D eigenvalue weighted by atomic mass is 32.2. The van der Waals surface area contributed by atoms with Gasteiger partial charge in [0.15, 0.2) is 0 Å². The molecule has 1 saturated heterocycles. The van der Waals surface area contributed by atoms with Gasteiger partial charge in [-0.1, -0.05) is 35.9 Å². The maximum absolute atomic E-state index is 12.8. The summed E-state index contributed by atoms with van der Waals surface area (Å²) in [5, 5.41) is 3.01. The van der Waals surface area contributed by atoms with Gasteiger partial charge in [0.05, 0.1) is 24.6 Å². The number of carbonyl (C=O) groups is 2. The predicted molar refractivity (Wildman–Crippen MR) is 123 cm³/mol. The van der Waals surface area contributed by atoms with E-state index >= 15 is 0 Å². The third-order valence-corrected chi connectivity index (χ3v) is 6.83. The van der Waals surface area contributed by atoms with Crippen molar-refractivity contribution >= 4 is 23.6 Å². The lowest BCUT2D eigenvalue weighted by Gasteiger charge is -2.23. The highest BCUT2D eigenvalue weighted by molar-refractivity contribution is 8.00. The Labute approximate surface area is 186 Å². The lowest BCUT2D eigenvalue weighted by Crippen LogP contribution is -2.28. The number of thioether (sulfide) groups is 1. The van der Waals surface area contributed by atoms with Crippen LogP contribution >= 0.6 is 11.8 Å². The standard InChI is InChI=1S/C25H26N2O3S/c1-16-6-11-22(17(2)13-16)18(3)26-24(29)19-7-9-20(10-8-19)25-27(23(28)15-31-25)14-21-5-4-12-30-21/h4-13,18,25H,14-15H2,1-3H3,(H,26,29)/t18-,25-/m0/s1. The van der Waals surface area contributed by atoms with Gasteiger partial charge in [0.2, 0.25) is 5.91 Å². The summed E-state index contributed by atoms with van der Waals surface area (Å²) in [6.07, 6.45) is 1.62. The molecule has 1 aromatic heterocycles. The largest absolute Gasteiger partial charge is 0.467 e. The average molecular weight is 435 g/mol. The summed E-state index contributed by atoms with van der Waals surface area (Å²) in [5.41, 5.74) is 5.10. The fraction of sp³-hybridized carbons (Fsp3) is 0.280. The molecule has 4 rings (SSSR count). The van der Waals surface area contributed by atoms with E-state index in [9.17, 15) is 9.59 Å². The second-order valence-corrected chi connectivity index (χ2v) is 9.01. The monoisotopic (exact) mass is 434 g/mol. The summed E-state index contributed by atoms with van der Waals surface area (Å²) in [5.74, 6) is 1.19. The number of amides is 2. The van der Waals surface area contributed by atoms with Crippen LogP contribution in [0.5, 0.6) is 0 Å². The molecule has 6 heteroatoms. The van der Waals surface area contributed by atoms with Crippen LogP contribution in [0.25, 0.3) is 0 Å².